The third kappa shape index (κ3) is 3.21. The van der Waals surface area contributed by atoms with Crippen LogP contribution in [0.5, 0.6) is 0 Å². The van der Waals surface area contributed by atoms with E-state index in [0.29, 0.717) is 0 Å². The summed E-state index contributed by atoms with van der Waals surface area (Å²) in [6.45, 7) is 3.20. The van der Waals surface area contributed by atoms with Gasteiger partial charge in [0.1, 0.15) is 5.69 Å². The van der Waals surface area contributed by atoms with Gasteiger partial charge in [-0.15, -0.1) is 0 Å². The van der Waals surface area contributed by atoms with Crippen LogP contribution in [0.25, 0.3) is 0 Å². The molecular weight excluding hydrogens is 196 g/mol. The molecule has 0 radical (unpaired) electrons. The van der Waals surface area contributed by atoms with Crippen LogP contribution in [-0.2, 0) is 0 Å². The zero-order valence-corrected chi connectivity index (χ0v) is 8.70. The summed E-state index contributed by atoms with van der Waals surface area (Å²) < 4.78 is 0. The minimum atomic E-state index is -0.705. The SMILES string of the molecule is CC(C)(CO)NC(=O)c1cccc(=O)[nH]1. The molecule has 0 aromatic carbocycles. The van der Waals surface area contributed by atoms with E-state index in [1.807, 2.05) is 0 Å². The Balaban J connectivity index is 2.83. The van der Waals surface area contributed by atoms with Crippen LogP contribution in [-0.4, -0.2) is 28.1 Å². The second-order valence-corrected chi connectivity index (χ2v) is 3.92. The molecule has 0 aliphatic carbocycles. The molecule has 1 heterocycles. The Kier molecular flexibility index (Phi) is 3.26. The number of carbonyl (C=O) groups is 1. The number of aliphatic hydroxyl groups is 1. The van der Waals surface area contributed by atoms with Gasteiger partial charge in [0.25, 0.3) is 5.91 Å². The lowest BCUT2D eigenvalue weighted by atomic mass is 10.1. The average Bonchev–Trinajstić information content (AvgIpc) is 2.17. The topological polar surface area (TPSA) is 82.2 Å². The van der Waals surface area contributed by atoms with Gasteiger partial charge in [0.2, 0.25) is 5.56 Å². The Morgan fingerprint density at radius 2 is 2.20 bits per heavy atom. The largest absolute Gasteiger partial charge is 0.394 e. The Hall–Kier alpha value is -1.62. The van der Waals surface area contributed by atoms with Crippen LogP contribution < -0.4 is 10.9 Å². The molecule has 3 N–H and O–H groups in total. The smallest absolute Gasteiger partial charge is 0.268 e. The van der Waals surface area contributed by atoms with Crippen molar-refractivity contribution < 1.29 is 9.90 Å². The number of pyridine rings is 1. The van der Waals surface area contributed by atoms with E-state index in [0.717, 1.165) is 0 Å². The number of aromatic amines is 1. The molecule has 0 fully saturated rings. The van der Waals surface area contributed by atoms with Crippen LogP contribution in [0, 0.1) is 0 Å². The summed E-state index contributed by atoms with van der Waals surface area (Å²) >= 11 is 0. The quantitative estimate of drug-likeness (QED) is 0.650. The van der Waals surface area contributed by atoms with Crippen LogP contribution in [0.4, 0.5) is 0 Å². The van der Waals surface area contributed by atoms with E-state index in [-0.39, 0.29) is 17.9 Å². The molecule has 0 aliphatic rings. The van der Waals surface area contributed by atoms with Gasteiger partial charge >= 0.3 is 0 Å². The zero-order valence-electron chi connectivity index (χ0n) is 8.70. The Morgan fingerprint density at radius 1 is 1.53 bits per heavy atom. The fourth-order valence-electron chi connectivity index (χ4n) is 0.994. The maximum absolute atomic E-state index is 11.6. The van der Waals surface area contributed by atoms with Gasteiger partial charge in [-0.1, -0.05) is 6.07 Å². The maximum Gasteiger partial charge on any atom is 0.268 e. The van der Waals surface area contributed by atoms with Gasteiger partial charge in [-0.05, 0) is 19.9 Å². The number of aromatic nitrogens is 1. The molecule has 0 aliphatic heterocycles. The van der Waals surface area contributed by atoms with E-state index < -0.39 is 11.4 Å². The molecule has 5 nitrogen and oxygen atoms in total. The fraction of sp³-hybridized carbons (Fsp3) is 0.400. The normalized spacial score (nSPS) is 11.1. The third-order valence-corrected chi connectivity index (χ3v) is 1.86. The zero-order chi connectivity index (χ0) is 11.5. The lowest BCUT2D eigenvalue weighted by Crippen LogP contribution is -2.46. The Bertz CT molecular complexity index is 409. The van der Waals surface area contributed by atoms with Crippen molar-refractivity contribution in [1.82, 2.24) is 10.3 Å². The van der Waals surface area contributed by atoms with E-state index in [1.165, 1.54) is 18.2 Å². The first-order valence-electron chi connectivity index (χ1n) is 4.57. The van der Waals surface area contributed by atoms with Crippen LogP contribution in [0.15, 0.2) is 23.0 Å². The second-order valence-electron chi connectivity index (χ2n) is 3.92. The molecule has 0 atom stereocenters. The molecule has 1 amide bonds. The van der Waals surface area contributed by atoms with Crippen molar-refractivity contribution in [3.05, 3.63) is 34.2 Å². The standard InChI is InChI=1S/C10H14N2O3/c1-10(2,6-13)12-9(15)7-4-3-5-8(14)11-7/h3-5,13H,6H2,1-2H3,(H,11,14)(H,12,15). The first-order valence-corrected chi connectivity index (χ1v) is 4.57. The van der Waals surface area contributed by atoms with Gasteiger partial charge < -0.3 is 15.4 Å². The molecule has 82 valence electrons. The van der Waals surface area contributed by atoms with E-state index in [4.69, 9.17) is 5.11 Å². The van der Waals surface area contributed by atoms with Crippen molar-refractivity contribution in [2.75, 3.05) is 6.61 Å². The number of nitrogens with one attached hydrogen (secondary N) is 2. The predicted octanol–water partition coefficient (Wildman–Crippen LogP) is -0.124. The van der Waals surface area contributed by atoms with Crippen molar-refractivity contribution >= 4 is 5.91 Å². The summed E-state index contributed by atoms with van der Waals surface area (Å²) in [6.07, 6.45) is 0. The molecule has 0 bridgehead atoms. The molecule has 15 heavy (non-hydrogen) atoms. The minimum absolute atomic E-state index is 0.171. The average molecular weight is 210 g/mol. The van der Waals surface area contributed by atoms with Crippen LogP contribution in [0.2, 0.25) is 0 Å². The van der Waals surface area contributed by atoms with Crippen molar-refractivity contribution in [2.45, 2.75) is 19.4 Å². The Labute approximate surface area is 87.1 Å². The lowest BCUT2D eigenvalue weighted by Gasteiger charge is -2.23. The van der Waals surface area contributed by atoms with Crippen LogP contribution in [0.3, 0.4) is 0 Å². The van der Waals surface area contributed by atoms with Crippen LogP contribution in [0.1, 0.15) is 24.3 Å². The summed E-state index contributed by atoms with van der Waals surface area (Å²) in [6, 6.07) is 4.33. The van der Waals surface area contributed by atoms with Gasteiger partial charge in [0.05, 0.1) is 12.1 Å². The summed E-state index contributed by atoms with van der Waals surface area (Å²) in [4.78, 5) is 24.9. The highest BCUT2D eigenvalue weighted by molar-refractivity contribution is 5.92. The van der Waals surface area contributed by atoms with Crippen LogP contribution >= 0.6 is 0 Å². The fourth-order valence-corrected chi connectivity index (χ4v) is 0.994. The summed E-state index contributed by atoms with van der Waals surface area (Å²) in [5.74, 6) is -0.410. The molecule has 5 heteroatoms. The molecule has 1 aromatic heterocycles. The van der Waals surface area contributed by atoms with E-state index in [2.05, 4.69) is 10.3 Å². The van der Waals surface area contributed by atoms with Gasteiger partial charge in [0.15, 0.2) is 0 Å². The van der Waals surface area contributed by atoms with Crippen molar-refractivity contribution in [1.29, 1.82) is 0 Å². The first-order chi connectivity index (χ1) is 6.94. The Morgan fingerprint density at radius 3 is 2.73 bits per heavy atom. The highest BCUT2D eigenvalue weighted by Crippen LogP contribution is 2.01. The second kappa shape index (κ2) is 4.27. The van der Waals surface area contributed by atoms with Crippen molar-refractivity contribution in [3.63, 3.8) is 0 Å². The van der Waals surface area contributed by atoms with Gasteiger partial charge in [-0.2, -0.15) is 0 Å². The highest BCUT2D eigenvalue weighted by atomic mass is 16.3. The summed E-state index contributed by atoms with van der Waals surface area (Å²) in [5, 5.41) is 11.5. The third-order valence-electron chi connectivity index (χ3n) is 1.86. The molecule has 0 saturated carbocycles. The molecular formula is C10H14N2O3. The molecule has 0 saturated heterocycles. The number of rotatable bonds is 3. The first kappa shape index (κ1) is 11.5. The van der Waals surface area contributed by atoms with Gasteiger partial charge in [0, 0.05) is 6.07 Å². The number of amides is 1. The van der Waals surface area contributed by atoms with E-state index in [1.54, 1.807) is 13.8 Å². The number of H-pyrrole nitrogens is 1. The highest BCUT2D eigenvalue weighted by Gasteiger charge is 2.20. The molecule has 1 rings (SSSR count). The van der Waals surface area contributed by atoms with Gasteiger partial charge in [-0.25, -0.2) is 0 Å². The minimum Gasteiger partial charge on any atom is -0.394 e. The van der Waals surface area contributed by atoms with Crippen molar-refractivity contribution in [2.24, 2.45) is 0 Å². The number of hydrogen-bond acceptors (Lipinski definition) is 3. The molecule has 1 aromatic rings. The van der Waals surface area contributed by atoms with Gasteiger partial charge in [-0.3, -0.25) is 9.59 Å². The summed E-state index contributed by atoms with van der Waals surface area (Å²) in [7, 11) is 0. The number of hydrogen-bond donors (Lipinski definition) is 3. The molecule has 0 unspecified atom stereocenters. The number of carbonyl (C=O) groups excluding carboxylic acids is 1. The van der Waals surface area contributed by atoms with Crippen molar-refractivity contribution in [3.8, 4) is 0 Å². The number of aliphatic hydroxyl groups excluding tert-OH is 1. The summed E-state index contributed by atoms with van der Waals surface area (Å²) in [5.41, 5.74) is -0.849. The monoisotopic (exact) mass is 210 g/mol. The van der Waals surface area contributed by atoms with E-state index in [9.17, 15) is 9.59 Å². The molecule has 0 spiro atoms. The lowest BCUT2D eigenvalue weighted by molar-refractivity contribution is 0.0864. The maximum atomic E-state index is 11.6. The predicted molar refractivity (Wildman–Crippen MR) is 55.7 cm³/mol. The van der Waals surface area contributed by atoms with E-state index >= 15 is 0 Å².